The lowest BCUT2D eigenvalue weighted by Gasteiger charge is -2.37. The summed E-state index contributed by atoms with van der Waals surface area (Å²) >= 11 is 0. The number of carbonyl (C=O) groups excluding carboxylic acids is 1. The number of nitrogens with two attached hydrogens (primary N) is 1. The van der Waals surface area contributed by atoms with Crippen molar-refractivity contribution >= 4 is 17.3 Å². The van der Waals surface area contributed by atoms with E-state index < -0.39 is 11.6 Å². The summed E-state index contributed by atoms with van der Waals surface area (Å²) in [6.07, 6.45) is 0. The van der Waals surface area contributed by atoms with Gasteiger partial charge in [0.2, 0.25) is 0 Å². The van der Waals surface area contributed by atoms with Crippen molar-refractivity contribution in [3.05, 3.63) is 82.9 Å². The van der Waals surface area contributed by atoms with Gasteiger partial charge in [-0.05, 0) is 24.3 Å². The molecule has 0 aromatic heterocycles. The zero-order valence-corrected chi connectivity index (χ0v) is 14.1. The molecule has 5 rings (SSSR count). The number of para-hydroxylation sites is 2. The van der Waals surface area contributed by atoms with Crippen molar-refractivity contribution in [3.8, 4) is 11.5 Å². The minimum absolute atomic E-state index is 0.405. The zero-order valence-electron chi connectivity index (χ0n) is 14.1. The highest BCUT2D eigenvalue weighted by atomic mass is 16.6. The summed E-state index contributed by atoms with van der Waals surface area (Å²) in [4.78, 5) is 12.9. The van der Waals surface area contributed by atoms with Crippen molar-refractivity contribution in [2.75, 3.05) is 18.1 Å². The van der Waals surface area contributed by atoms with Gasteiger partial charge in [0.05, 0.1) is 5.56 Å². The Morgan fingerprint density at radius 3 is 2.15 bits per heavy atom. The third kappa shape index (κ3) is 1.67. The summed E-state index contributed by atoms with van der Waals surface area (Å²) in [5, 5.41) is 3.18. The molecular weight excluding hydrogens is 328 g/mol. The molecule has 0 fully saturated rings. The van der Waals surface area contributed by atoms with E-state index in [9.17, 15) is 4.79 Å². The zero-order chi connectivity index (χ0) is 17.9. The fourth-order valence-corrected chi connectivity index (χ4v) is 3.99. The van der Waals surface area contributed by atoms with E-state index in [1.807, 2.05) is 61.6 Å². The van der Waals surface area contributed by atoms with Gasteiger partial charge in [0.1, 0.15) is 11.5 Å². The minimum atomic E-state index is -1.09. The number of rotatable bonds is 1. The third-order valence-electron chi connectivity index (χ3n) is 5.06. The first-order valence-corrected chi connectivity index (χ1v) is 8.37. The van der Waals surface area contributed by atoms with Crippen LogP contribution in [-0.4, -0.2) is 13.0 Å². The van der Waals surface area contributed by atoms with Crippen LogP contribution in [0.5, 0.6) is 11.5 Å². The molecule has 0 saturated heterocycles. The molecule has 0 bridgehead atoms. The number of nitrogens with one attached hydrogen (secondary N) is 1. The normalized spacial score (nSPS) is 15.5. The van der Waals surface area contributed by atoms with E-state index in [1.54, 1.807) is 6.07 Å². The Labute approximate surface area is 150 Å². The molecule has 2 aliphatic rings. The van der Waals surface area contributed by atoms with Crippen LogP contribution >= 0.6 is 0 Å². The van der Waals surface area contributed by atoms with Crippen LogP contribution in [0.3, 0.4) is 0 Å². The Morgan fingerprint density at radius 2 is 1.54 bits per heavy atom. The Hall–Kier alpha value is -3.47. The SMILES string of the molecule is CNc1ccc(N)c2c1C1(OC2=O)c2ccccc2Oc2ccccc21. The average molecular weight is 344 g/mol. The maximum atomic E-state index is 12.9. The molecule has 0 unspecified atom stereocenters. The van der Waals surface area contributed by atoms with Gasteiger partial charge in [-0.15, -0.1) is 0 Å². The van der Waals surface area contributed by atoms with E-state index in [0.717, 1.165) is 22.4 Å². The smallest absolute Gasteiger partial charge is 0.342 e. The first-order chi connectivity index (χ1) is 12.7. The van der Waals surface area contributed by atoms with Gasteiger partial charge >= 0.3 is 5.97 Å². The van der Waals surface area contributed by atoms with Crippen LogP contribution in [0.15, 0.2) is 60.7 Å². The Bertz CT molecular complexity index is 1030. The van der Waals surface area contributed by atoms with Crippen LogP contribution in [0.25, 0.3) is 0 Å². The number of nitrogen functional groups attached to an aromatic ring is 1. The molecule has 0 radical (unpaired) electrons. The lowest BCUT2D eigenvalue weighted by atomic mass is 9.76. The predicted molar refractivity (Wildman–Crippen MR) is 98.7 cm³/mol. The quantitative estimate of drug-likeness (QED) is 0.518. The number of carbonyl (C=O) groups is 1. The summed E-state index contributed by atoms with van der Waals surface area (Å²) < 4.78 is 12.2. The molecule has 0 saturated carbocycles. The third-order valence-corrected chi connectivity index (χ3v) is 5.06. The van der Waals surface area contributed by atoms with Crippen LogP contribution in [0, 0.1) is 0 Å². The van der Waals surface area contributed by atoms with Crippen molar-refractivity contribution in [1.82, 2.24) is 0 Å². The molecule has 3 aromatic rings. The number of hydrogen-bond acceptors (Lipinski definition) is 5. The van der Waals surface area contributed by atoms with Crippen molar-refractivity contribution in [1.29, 1.82) is 0 Å². The van der Waals surface area contributed by atoms with Gasteiger partial charge in [0.25, 0.3) is 0 Å². The number of esters is 1. The van der Waals surface area contributed by atoms with Gasteiger partial charge in [0.15, 0.2) is 5.60 Å². The molecule has 128 valence electrons. The van der Waals surface area contributed by atoms with E-state index in [-0.39, 0.29) is 0 Å². The maximum absolute atomic E-state index is 12.9. The summed E-state index contributed by atoms with van der Waals surface area (Å²) in [6.45, 7) is 0. The first-order valence-electron chi connectivity index (χ1n) is 8.37. The molecule has 3 N–H and O–H groups in total. The van der Waals surface area contributed by atoms with E-state index in [0.29, 0.717) is 22.7 Å². The monoisotopic (exact) mass is 344 g/mol. The standard InChI is InChI=1S/C21H16N2O3/c1-23-15-11-10-14(22)18-19(15)21(26-20(18)24)12-6-2-4-8-16(12)25-17-9-5-3-7-13(17)21/h2-11,23H,22H2,1H3. The highest BCUT2D eigenvalue weighted by Crippen LogP contribution is 2.58. The molecule has 0 atom stereocenters. The fourth-order valence-electron chi connectivity index (χ4n) is 3.99. The summed E-state index contributed by atoms with van der Waals surface area (Å²) in [5.41, 5.74) is 8.97. The van der Waals surface area contributed by atoms with Gasteiger partial charge in [-0.3, -0.25) is 0 Å². The minimum Gasteiger partial charge on any atom is -0.456 e. The van der Waals surface area contributed by atoms with Crippen molar-refractivity contribution in [2.45, 2.75) is 5.60 Å². The highest BCUT2D eigenvalue weighted by molar-refractivity contribution is 6.04. The van der Waals surface area contributed by atoms with Gasteiger partial charge in [-0.2, -0.15) is 0 Å². The average Bonchev–Trinajstić information content (AvgIpc) is 2.97. The Balaban J connectivity index is 1.97. The molecule has 2 heterocycles. The van der Waals surface area contributed by atoms with Crippen molar-refractivity contribution in [3.63, 3.8) is 0 Å². The molecule has 2 aliphatic heterocycles. The predicted octanol–water partition coefficient (Wildman–Crippen LogP) is 3.88. The lowest BCUT2D eigenvalue weighted by Crippen LogP contribution is -2.33. The molecule has 1 spiro atoms. The molecule has 3 aromatic carbocycles. The summed E-state index contributed by atoms with van der Waals surface area (Å²) in [7, 11) is 1.82. The van der Waals surface area contributed by atoms with Crippen molar-refractivity contribution in [2.24, 2.45) is 0 Å². The van der Waals surface area contributed by atoms with E-state index >= 15 is 0 Å². The molecule has 5 heteroatoms. The molecule has 0 amide bonds. The molecule has 26 heavy (non-hydrogen) atoms. The highest BCUT2D eigenvalue weighted by Gasteiger charge is 2.55. The van der Waals surface area contributed by atoms with Crippen LogP contribution in [-0.2, 0) is 10.3 Å². The van der Waals surface area contributed by atoms with Crippen molar-refractivity contribution < 1.29 is 14.3 Å². The molecule has 0 aliphatic carbocycles. The van der Waals surface area contributed by atoms with Gasteiger partial charge in [-0.25, -0.2) is 4.79 Å². The van der Waals surface area contributed by atoms with E-state index in [2.05, 4.69) is 5.32 Å². The summed E-state index contributed by atoms with van der Waals surface area (Å²) in [6, 6.07) is 18.8. The molecular formula is C21H16N2O3. The van der Waals surface area contributed by atoms with Gasteiger partial charge in [0, 0.05) is 35.1 Å². The Morgan fingerprint density at radius 1 is 0.923 bits per heavy atom. The fraction of sp³-hybridized carbons (Fsp3) is 0.0952. The van der Waals surface area contributed by atoms with Gasteiger partial charge < -0.3 is 20.5 Å². The van der Waals surface area contributed by atoms with Crippen LogP contribution in [0.1, 0.15) is 27.0 Å². The number of benzene rings is 3. The topological polar surface area (TPSA) is 73.6 Å². The second kappa shape index (κ2) is 5.02. The largest absolute Gasteiger partial charge is 0.456 e. The van der Waals surface area contributed by atoms with Crippen LogP contribution in [0.4, 0.5) is 11.4 Å². The van der Waals surface area contributed by atoms with Gasteiger partial charge in [-0.1, -0.05) is 36.4 Å². The maximum Gasteiger partial charge on any atom is 0.342 e. The number of ether oxygens (including phenoxy) is 2. The number of fused-ring (bicyclic) bond motifs is 6. The Kier molecular flexibility index (Phi) is 2.86. The first kappa shape index (κ1) is 14.8. The second-order valence-electron chi connectivity index (χ2n) is 6.37. The number of hydrogen-bond donors (Lipinski definition) is 2. The van der Waals surface area contributed by atoms with E-state index in [1.165, 1.54) is 0 Å². The molecule has 5 nitrogen and oxygen atoms in total. The van der Waals surface area contributed by atoms with Crippen LogP contribution < -0.4 is 15.8 Å². The number of anilines is 2. The summed E-state index contributed by atoms with van der Waals surface area (Å²) in [5.74, 6) is 0.897. The van der Waals surface area contributed by atoms with Crippen LogP contribution in [0.2, 0.25) is 0 Å². The van der Waals surface area contributed by atoms with E-state index in [4.69, 9.17) is 15.2 Å². The second-order valence-corrected chi connectivity index (χ2v) is 6.37. The lowest BCUT2D eigenvalue weighted by molar-refractivity contribution is 0.0226.